The van der Waals surface area contributed by atoms with E-state index in [4.69, 9.17) is 15.0 Å². The minimum atomic E-state index is -0.833. The average Bonchev–Trinajstić information content (AvgIpc) is 1.65. The molecule has 0 aromatic heterocycles. The molecule has 0 atom stereocenters. The van der Waals surface area contributed by atoms with Gasteiger partial charge in [0.1, 0.15) is 5.76 Å². The third kappa shape index (κ3) is 271. The lowest BCUT2D eigenvalue weighted by Gasteiger charge is -1.73. The summed E-state index contributed by atoms with van der Waals surface area (Å²) < 4.78 is 0. The van der Waals surface area contributed by atoms with Crippen LogP contribution in [0.15, 0.2) is 25.0 Å². The van der Waals surface area contributed by atoms with Crippen LogP contribution in [0.25, 0.3) is 0 Å². The molecule has 9 heavy (non-hydrogen) atoms. The van der Waals surface area contributed by atoms with Gasteiger partial charge in [0.25, 0.3) is 5.97 Å². The maximum Gasteiger partial charge on any atom is 0.300 e. The molecule has 0 saturated carbocycles. The Balaban J connectivity index is 0. The normalized spacial score (nSPS) is 6.33. The predicted molar refractivity (Wildman–Crippen MR) is 35.3 cm³/mol. The van der Waals surface area contributed by atoms with Crippen LogP contribution in [-0.4, -0.2) is 16.2 Å². The molecular formula is C6H10O3. The average molecular weight is 130 g/mol. The van der Waals surface area contributed by atoms with E-state index in [0.29, 0.717) is 0 Å². The molecule has 0 spiro atoms. The largest absolute Gasteiger partial charge is 0.509 e. The van der Waals surface area contributed by atoms with Crippen LogP contribution >= 0.6 is 0 Å². The van der Waals surface area contributed by atoms with Crippen molar-refractivity contribution in [3.05, 3.63) is 25.0 Å². The van der Waals surface area contributed by atoms with Gasteiger partial charge in [-0.25, -0.2) is 0 Å². The predicted octanol–water partition coefficient (Wildman–Crippen LogP) is 1.33. The van der Waals surface area contributed by atoms with Crippen LogP contribution in [0.2, 0.25) is 0 Å². The van der Waals surface area contributed by atoms with Crippen LogP contribution in [-0.2, 0) is 4.79 Å². The molecule has 0 radical (unpaired) electrons. The minimum absolute atomic E-state index is 0.0185. The Morgan fingerprint density at radius 3 is 1.67 bits per heavy atom. The van der Waals surface area contributed by atoms with Crippen LogP contribution < -0.4 is 0 Å². The number of carboxylic acids is 1. The number of aliphatic hydroxyl groups is 1. The lowest BCUT2D eigenvalue weighted by atomic mass is 10.6. The van der Waals surface area contributed by atoms with Gasteiger partial charge in [-0.2, -0.15) is 0 Å². The Hall–Kier alpha value is -1.25. The standard InChI is InChI=1S/C4H6O.C2H4O2/c1-3-4(2)5;1-2(3)4/h3,5H,1-2H2;1H3,(H,3,4). The maximum atomic E-state index is 9.00. The monoisotopic (exact) mass is 130 g/mol. The molecule has 52 valence electrons. The third-order valence-corrected chi connectivity index (χ3v) is 0.236. The first-order valence-corrected chi connectivity index (χ1v) is 2.20. The van der Waals surface area contributed by atoms with Crippen molar-refractivity contribution in [1.29, 1.82) is 0 Å². The summed E-state index contributed by atoms with van der Waals surface area (Å²) in [5, 5.41) is 15.5. The number of rotatable bonds is 1. The lowest BCUT2D eigenvalue weighted by molar-refractivity contribution is -0.134. The molecule has 0 rings (SSSR count). The number of hydrogen-bond acceptors (Lipinski definition) is 2. The second kappa shape index (κ2) is 6.75. The van der Waals surface area contributed by atoms with Crippen LogP contribution in [0.3, 0.4) is 0 Å². The maximum absolute atomic E-state index is 9.00. The second-order valence-corrected chi connectivity index (χ2v) is 1.21. The summed E-state index contributed by atoms with van der Waals surface area (Å²) >= 11 is 0. The Morgan fingerprint density at radius 2 is 1.67 bits per heavy atom. The number of carbonyl (C=O) groups is 1. The van der Waals surface area contributed by atoms with Crippen molar-refractivity contribution in [2.24, 2.45) is 0 Å². The smallest absolute Gasteiger partial charge is 0.300 e. The van der Waals surface area contributed by atoms with Crippen LogP contribution in [0.4, 0.5) is 0 Å². The van der Waals surface area contributed by atoms with Gasteiger partial charge in [0.15, 0.2) is 0 Å². The van der Waals surface area contributed by atoms with Gasteiger partial charge in [0.05, 0.1) is 0 Å². The van der Waals surface area contributed by atoms with E-state index in [2.05, 4.69) is 13.2 Å². The van der Waals surface area contributed by atoms with Crippen molar-refractivity contribution in [3.63, 3.8) is 0 Å². The minimum Gasteiger partial charge on any atom is -0.509 e. The van der Waals surface area contributed by atoms with E-state index in [0.717, 1.165) is 6.92 Å². The molecule has 0 saturated heterocycles. The van der Waals surface area contributed by atoms with E-state index in [1.807, 2.05) is 0 Å². The summed E-state index contributed by atoms with van der Waals surface area (Å²) in [5.41, 5.74) is 0. The molecule has 0 unspecified atom stereocenters. The van der Waals surface area contributed by atoms with E-state index in [1.54, 1.807) is 0 Å². The number of allylic oxidation sites excluding steroid dienone is 1. The molecule has 0 aromatic rings. The van der Waals surface area contributed by atoms with E-state index in [-0.39, 0.29) is 5.76 Å². The van der Waals surface area contributed by atoms with E-state index < -0.39 is 5.97 Å². The molecule has 0 aliphatic rings. The number of carboxylic acid groups (broad SMARTS) is 1. The summed E-state index contributed by atoms with van der Waals surface area (Å²) in [4.78, 5) is 9.00. The van der Waals surface area contributed by atoms with E-state index in [1.165, 1.54) is 6.08 Å². The summed E-state index contributed by atoms with van der Waals surface area (Å²) in [6.45, 7) is 7.41. The van der Waals surface area contributed by atoms with Gasteiger partial charge in [-0.15, -0.1) is 0 Å². The molecule has 3 heteroatoms. The summed E-state index contributed by atoms with van der Waals surface area (Å²) in [6.07, 6.45) is 1.28. The van der Waals surface area contributed by atoms with Crippen molar-refractivity contribution < 1.29 is 15.0 Å². The Labute approximate surface area is 53.9 Å². The SMILES string of the molecule is C=CC(=C)O.CC(=O)O. The van der Waals surface area contributed by atoms with Crippen molar-refractivity contribution >= 4 is 5.97 Å². The van der Waals surface area contributed by atoms with Gasteiger partial charge in [0, 0.05) is 6.92 Å². The first-order valence-electron chi connectivity index (χ1n) is 2.20. The van der Waals surface area contributed by atoms with E-state index in [9.17, 15) is 0 Å². The van der Waals surface area contributed by atoms with Crippen molar-refractivity contribution in [3.8, 4) is 0 Å². The Morgan fingerprint density at radius 1 is 1.56 bits per heavy atom. The molecule has 0 heterocycles. The lowest BCUT2D eigenvalue weighted by Crippen LogP contribution is -1.78. The van der Waals surface area contributed by atoms with Crippen molar-refractivity contribution in [1.82, 2.24) is 0 Å². The molecule has 0 amide bonds. The molecule has 0 aromatic carbocycles. The summed E-state index contributed by atoms with van der Waals surface area (Å²) in [7, 11) is 0. The number of aliphatic carboxylic acids is 1. The first kappa shape index (κ1) is 10.7. The number of aliphatic hydroxyl groups excluding tert-OH is 1. The van der Waals surface area contributed by atoms with Crippen molar-refractivity contribution in [2.75, 3.05) is 0 Å². The molecule has 0 aliphatic carbocycles. The fourth-order valence-electron chi connectivity index (χ4n) is 0. The Bertz CT molecular complexity index is 111. The van der Waals surface area contributed by atoms with Gasteiger partial charge < -0.3 is 10.2 Å². The fraction of sp³-hybridized carbons (Fsp3) is 0.167. The number of hydrogen-bond donors (Lipinski definition) is 2. The van der Waals surface area contributed by atoms with Crippen LogP contribution in [0.5, 0.6) is 0 Å². The molecular weight excluding hydrogens is 120 g/mol. The first-order chi connectivity index (χ1) is 4.00. The van der Waals surface area contributed by atoms with Gasteiger partial charge in [0.2, 0.25) is 0 Å². The molecule has 3 nitrogen and oxygen atoms in total. The molecule has 0 aliphatic heterocycles. The van der Waals surface area contributed by atoms with Crippen LogP contribution in [0, 0.1) is 0 Å². The molecule has 0 fully saturated rings. The topological polar surface area (TPSA) is 57.5 Å². The third-order valence-electron chi connectivity index (χ3n) is 0.236. The van der Waals surface area contributed by atoms with Gasteiger partial charge in [-0.3, -0.25) is 4.79 Å². The highest BCUT2D eigenvalue weighted by Crippen LogP contribution is 1.75. The van der Waals surface area contributed by atoms with Gasteiger partial charge in [-0.05, 0) is 6.08 Å². The van der Waals surface area contributed by atoms with Crippen LogP contribution in [0.1, 0.15) is 6.92 Å². The highest BCUT2D eigenvalue weighted by atomic mass is 16.4. The van der Waals surface area contributed by atoms with Gasteiger partial charge in [-0.1, -0.05) is 13.2 Å². The highest BCUT2D eigenvalue weighted by molar-refractivity contribution is 5.62. The fourth-order valence-corrected chi connectivity index (χ4v) is 0. The zero-order valence-corrected chi connectivity index (χ0v) is 5.29. The Kier molecular flexibility index (Phi) is 8.01. The second-order valence-electron chi connectivity index (χ2n) is 1.21. The molecule has 0 bridgehead atoms. The zero-order chi connectivity index (χ0) is 7.86. The summed E-state index contributed by atoms with van der Waals surface area (Å²) in [5.74, 6) is -0.815. The zero-order valence-electron chi connectivity index (χ0n) is 5.29. The van der Waals surface area contributed by atoms with Crippen molar-refractivity contribution in [2.45, 2.75) is 6.92 Å². The quantitative estimate of drug-likeness (QED) is 0.416. The van der Waals surface area contributed by atoms with E-state index >= 15 is 0 Å². The summed E-state index contributed by atoms with van der Waals surface area (Å²) in [6, 6.07) is 0. The molecule has 2 N–H and O–H groups in total. The highest BCUT2D eigenvalue weighted by Gasteiger charge is 1.65. The van der Waals surface area contributed by atoms with Gasteiger partial charge >= 0.3 is 0 Å².